The number of benzene rings is 2. The summed E-state index contributed by atoms with van der Waals surface area (Å²) in [4.78, 5) is 14.8. The molecule has 0 atom stereocenters. The molecule has 3 rings (SSSR count). The van der Waals surface area contributed by atoms with E-state index in [2.05, 4.69) is 4.72 Å². The van der Waals surface area contributed by atoms with Gasteiger partial charge in [-0.2, -0.15) is 0 Å². The maximum atomic E-state index is 12.9. The molecule has 0 aromatic heterocycles. The van der Waals surface area contributed by atoms with Gasteiger partial charge < -0.3 is 4.90 Å². The van der Waals surface area contributed by atoms with Crippen LogP contribution in [-0.2, 0) is 10.0 Å². The quantitative estimate of drug-likeness (QED) is 0.837. The minimum Gasteiger partial charge on any atom is -0.339 e. The van der Waals surface area contributed by atoms with Crippen molar-refractivity contribution in [2.45, 2.75) is 50.0 Å². The normalized spacial score (nSPS) is 15.3. The molecule has 1 N–H and O–H groups in total. The molecule has 0 radical (unpaired) electrons. The van der Waals surface area contributed by atoms with Gasteiger partial charge in [-0.15, -0.1) is 0 Å². The van der Waals surface area contributed by atoms with Crippen molar-refractivity contribution in [2.24, 2.45) is 0 Å². The lowest BCUT2D eigenvalue weighted by Crippen LogP contribution is -2.38. The molecule has 0 aliphatic heterocycles. The first-order valence-corrected chi connectivity index (χ1v) is 10.8. The van der Waals surface area contributed by atoms with Gasteiger partial charge in [0.15, 0.2) is 0 Å². The number of sulfonamides is 1. The monoisotopic (exact) mass is 386 g/mol. The summed E-state index contributed by atoms with van der Waals surface area (Å²) in [6.45, 7) is 1.73. The van der Waals surface area contributed by atoms with Crippen molar-refractivity contribution in [1.29, 1.82) is 0 Å². The zero-order valence-electron chi connectivity index (χ0n) is 15.8. The summed E-state index contributed by atoms with van der Waals surface area (Å²) in [5.74, 6) is -0.127. The Morgan fingerprint density at radius 2 is 1.70 bits per heavy atom. The first kappa shape index (κ1) is 19.4. The highest BCUT2D eigenvalue weighted by molar-refractivity contribution is 7.92. The van der Waals surface area contributed by atoms with Gasteiger partial charge in [0, 0.05) is 24.3 Å². The zero-order chi connectivity index (χ0) is 19.4. The number of anilines is 1. The van der Waals surface area contributed by atoms with Gasteiger partial charge in [-0.05, 0) is 49.6 Å². The summed E-state index contributed by atoms with van der Waals surface area (Å²) < 4.78 is 28.2. The third kappa shape index (κ3) is 4.50. The molecule has 2 aromatic carbocycles. The Bertz CT molecular complexity index is 904. The number of hydrogen-bond donors (Lipinski definition) is 1. The molecular weight excluding hydrogens is 360 g/mol. The minimum atomic E-state index is -3.77. The molecule has 0 bridgehead atoms. The molecule has 5 nitrogen and oxygen atoms in total. The second kappa shape index (κ2) is 8.13. The van der Waals surface area contributed by atoms with Gasteiger partial charge in [-0.25, -0.2) is 8.42 Å². The Hall–Kier alpha value is -2.34. The van der Waals surface area contributed by atoms with Gasteiger partial charge in [-0.1, -0.05) is 43.5 Å². The number of amides is 1. The number of hydrogen-bond acceptors (Lipinski definition) is 3. The molecule has 0 spiro atoms. The fourth-order valence-electron chi connectivity index (χ4n) is 3.58. The van der Waals surface area contributed by atoms with Crippen LogP contribution in [0.1, 0.15) is 48.0 Å². The van der Waals surface area contributed by atoms with Crippen LogP contribution in [0, 0.1) is 6.92 Å². The Morgan fingerprint density at radius 1 is 1.04 bits per heavy atom. The molecular formula is C21H26N2O3S. The number of rotatable bonds is 5. The van der Waals surface area contributed by atoms with Crippen LogP contribution in [0.15, 0.2) is 53.4 Å². The maximum Gasteiger partial charge on any atom is 0.262 e. The van der Waals surface area contributed by atoms with Crippen molar-refractivity contribution < 1.29 is 13.2 Å². The molecule has 0 unspecified atom stereocenters. The van der Waals surface area contributed by atoms with Crippen LogP contribution in [0.3, 0.4) is 0 Å². The lowest BCUT2D eigenvalue weighted by molar-refractivity contribution is 0.0696. The van der Waals surface area contributed by atoms with Crippen LogP contribution < -0.4 is 4.72 Å². The van der Waals surface area contributed by atoms with E-state index < -0.39 is 10.0 Å². The number of aryl methyl sites for hydroxylation is 1. The molecule has 27 heavy (non-hydrogen) atoms. The summed E-state index contributed by atoms with van der Waals surface area (Å²) in [5.41, 5.74) is 1.50. The van der Waals surface area contributed by atoms with E-state index in [0.717, 1.165) is 25.7 Å². The second-order valence-electron chi connectivity index (χ2n) is 7.16. The first-order valence-electron chi connectivity index (χ1n) is 9.34. The van der Waals surface area contributed by atoms with Crippen molar-refractivity contribution in [3.63, 3.8) is 0 Å². The van der Waals surface area contributed by atoms with Gasteiger partial charge in [0.05, 0.1) is 4.90 Å². The van der Waals surface area contributed by atoms with E-state index in [1.165, 1.54) is 12.5 Å². The van der Waals surface area contributed by atoms with Crippen molar-refractivity contribution in [2.75, 3.05) is 11.8 Å². The summed E-state index contributed by atoms with van der Waals surface area (Å²) in [7, 11) is -1.96. The lowest BCUT2D eigenvalue weighted by Gasteiger charge is -2.31. The Balaban J connectivity index is 1.86. The molecule has 6 heteroatoms. The zero-order valence-corrected chi connectivity index (χ0v) is 16.6. The summed E-state index contributed by atoms with van der Waals surface area (Å²) >= 11 is 0. The summed E-state index contributed by atoms with van der Waals surface area (Å²) in [6, 6.07) is 13.9. The molecule has 144 valence electrons. The number of carbonyl (C=O) groups is 1. The number of nitrogens with one attached hydrogen (secondary N) is 1. The number of para-hydroxylation sites is 1. The fraction of sp³-hybridized carbons (Fsp3) is 0.381. The van der Waals surface area contributed by atoms with E-state index in [1.54, 1.807) is 48.2 Å². The van der Waals surface area contributed by atoms with Crippen LogP contribution in [-0.4, -0.2) is 32.3 Å². The molecule has 1 aliphatic rings. The standard InChI is InChI=1S/C21H26N2O3S/c1-16-13-14-17(21(24)23(2)19-11-7-4-8-12-19)15-20(16)27(25,26)22-18-9-5-3-6-10-18/h3,5-6,9-10,13-15,19,22H,4,7-8,11-12H2,1-2H3. The highest BCUT2D eigenvalue weighted by atomic mass is 32.2. The summed E-state index contributed by atoms with van der Waals surface area (Å²) in [5, 5.41) is 0. The molecule has 0 heterocycles. The van der Waals surface area contributed by atoms with Gasteiger partial charge >= 0.3 is 0 Å². The van der Waals surface area contributed by atoms with Crippen molar-refractivity contribution >= 4 is 21.6 Å². The highest BCUT2D eigenvalue weighted by Crippen LogP contribution is 2.25. The lowest BCUT2D eigenvalue weighted by atomic mass is 9.94. The molecule has 1 aliphatic carbocycles. The fourth-order valence-corrected chi connectivity index (χ4v) is 4.91. The highest BCUT2D eigenvalue weighted by Gasteiger charge is 2.25. The predicted molar refractivity (Wildman–Crippen MR) is 107 cm³/mol. The predicted octanol–water partition coefficient (Wildman–Crippen LogP) is 4.20. The van der Waals surface area contributed by atoms with Crippen molar-refractivity contribution in [3.05, 3.63) is 59.7 Å². The summed E-state index contributed by atoms with van der Waals surface area (Å²) in [6.07, 6.45) is 5.51. The number of nitrogens with zero attached hydrogens (tertiary/aromatic N) is 1. The third-order valence-electron chi connectivity index (χ3n) is 5.19. The van der Waals surface area contributed by atoms with E-state index in [1.807, 2.05) is 13.1 Å². The SMILES string of the molecule is Cc1ccc(C(=O)N(C)C2CCCCC2)cc1S(=O)(=O)Nc1ccccc1. The molecule has 2 aromatic rings. The topological polar surface area (TPSA) is 66.5 Å². The van der Waals surface area contributed by atoms with E-state index in [9.17, 15) is 13.2 Å². The smallest absolute Gasteiger partial charge is 0.262 e. The van der Waals surface area contributed by atoms with E-state index >= 15 is 0 Å². The van der Waals surface area contributed by atoms with Crippen LogP contribution in [0.5, 0.6) is 0 Å². The van der Waals surface area contributed by atoms with E-state index in [-0.39, 0.29) is 16.8 Å². The third-order valence-corrected chi connectivity index (χ3v) is 6.72. The maximum absolute atomic E-state index is 12.9. The van der Waals surface area contributed by atoms with Crippen LogP contribution in [0.25, 0.3) is 0 Å². The average molecular weight is 387 g/mol. The minimum absolute atomic E-state index is 0.127. The second-order valence-corrected chi connectivity index (χ2v) is 8.81. The molecule has 0 saturated heterocycles. The number of carbonyl (C=O) groups excluding carboxylic acids is 1. The van der Waals surface area contributed by atoms with Gasteiger partial charge in [-0.3, -0.25) is 9.52 Å². The first-order chi connectivity index (χ1) is 12.9. The Labute approximate surface area is 161 Å². The van der Waals surface area contributed by atoms with Crippen LogP contribution in [0.4, 0.5) is 5.69 Å². The van der Waals surface area contributed by atoms with Crippen molar-refractivity contribution in [3.8, 4) is 0 Å². The van der Waals surface area contributed by atoms with E-state index in [0.29, 0.717) is 16.8 Å². The van der Waals surface area contributed by atoms with Gasteiger partial charge in [0.2, 0.25) is 0 Å². The molecule has 1 saturated carbocycles. The van der Waals surface area contributed by atoms with E-state index in [4.69, 9.17) is 0 Å². The van der Waals surface area contributed by atoms with Crippen molar-refractivity contribution in [1.82, 2.24) is 4.90 Å². The molecule has 1 amide bonds. The van der Waals surface area contributed by atoms with Gasteiger partial charge in [0.1, 0.15) is 0 Å². The van der Waals surface area contributed by atoms with Gasteiger partial charge in [0.25, 0.3) is 15.9 Å². The largest absolute Gasteiger partial charge is 0.339 e. The van der Waals surface area contributed by atoms with Crippen LogP contribution >= 0.6 is 0 Å². The molecule has 1 fully saturated rings. The average Bonchev–Trinajstić information content (AvgIpc) is 2.68. The Morgan fingerprint density at radius 3 is 2.37 bits per heavy atom. The van der Waals surface area contributed by atoms with Crippen LogP contribution in [0.2, 0.25) is 0 Å². The Kier molecular flexibility index (Phi) is 5.85.